The third-order valence-corrected chi connectivity index (χ3v) is 6.49. The highest BCUT2D eigenvalue weighted by Crippen LogP contribution is 2.31. The highest BCUT2D eigenvalue weighted by molar-refractivity contribution is 5.94. The van der Waals surface area contributed by atoms with Gasteiger partial charge in [-0.05, 0) is 66.3 Å². The van der Waals surface area contributed by atoms with Crippen LogP contribution in [0.4, 0.5) is 18.9 Å². The average Bonchev–Trinajstić information content (AvgIpc) is 2.93. The van der Waals surface area contributed by atoms with Crippen LogP contribution in [-0.4, -0.2) is 47.9 Å². The summed E-state index contributed by atoms with van der Waals surface area (Å²) in [6.45, 7) is 0.862. The SMILES string of the molecule is COC(=O)c1ccc(CC(=O)Nc2ccc(C3CCN(C(=O)c4ccnc(C(F)(F)F)c4)CC3)cc2)cc1. The Balaban J connectivity index is 1.28. The van der Waals surface area contributed by atoms with E-state index in [-0.39, 0.29) is 23.8 Å². The summed E-state index contributed by atoms with van der Waals surface area (Å²) in [5.74, 6) is -0.874. The van der Waals surface area contributed by atoms with Crippen LogP contribution in [0.2, 0.25) is 0 Å². The number of ether oxygens (including phenoxy) is 1. The van der Waals surface area contributed by atoms with Gasteiger partial charge in [-0.25, -0.2) is 4.79 Å². The topological polar surface area (TPSA) is 88.6 Å². The van der Waals surface area contributed by atoms with Gasteiger partial charge in [-0.1, -0.05) is 24.3 Å². The van der Waals surface area contributed by atoms with Crippen molar-refractivity contribution in [1.82, 2.24) is 9.88 Å². The quantitative estimate of drug-likeness (QED) is 0.453. The van der Waals surface area contributed by atoms with Gasteiger partial charge in [0.05, 0.1) is 19.1 Å². The Bertz CT molecular complexity index is 1300. The summed E-state index contributed by atoms with van der Waals surface area (Å²) in [6.07, 6.45) is -2.10. The number of anilines is 1. The Morgan fingerprint density at radius 1 is 0.974 bits per heavy atom. The number of piperidine rings is 1. The van der Waals surface area contributed by atoms with Crippen molar-refractivity contribution < 1.29 is 32.3 Å². The third kappa shape index (κ3) is 6.56. The Labute approximate surface area is 217 Å². The largest absolute Gasteiger partial charge is 0.465 e. The monoisotopic (exact) mass is 525 g/mol. The number of pyridine rings is 1. The van der Waals surface area contributed by atoms with Gasteiger partial charge in [0, 0.05) is 30.5 Å². The van der Waals surface area contributed by atoms with Crippen LogP contribution in [0.25, 0.3) is 0 Å². The van der Waals surface area contributed by atoms with E-state index in [0.717, 1.165) is 23.4 Å². The minimum Gasteiger partial charge on any atom is -0.465 e. The number of nitrogens with zero attached hydrogens (tertiary/aromatic N) is 2. The van der Waals surface area contributed by atoms with E-state index in [4.69, 9.17) is 0 Å². The maximum absolute atomic E-state index is 12.9. The summed E-state index contributed by atoms with van der Waals surface area (Å²) < 4.78 is 43.5. The molecule has 1 fully saturated rings. The van der Waals surface area contributed by atoms with Crippen molar-refractivity contribution in [3.05, 3.63) is 94.8 Å². The van der Waals surface area contributed by atoms with E-state index in [1.165, 1.54) is 13.2 Å². The van der Waals surface area contributed by atoms with Gasteiger partial charge in [-0.3, -0.25) is 14.6 Å². The van der Waals surface area contributed by atoms with Gasteiger partial charge in [0.1, 0.15) is 5.69 Å². The minimum atomic E-state index is -4.60. The molecule has 38 heavy (non-hydrogen) atoms. The van der Waals surface area contributed by atoms with Crippen molar-refractivity contribution in [1.29, 1.82) is 0 Å². The van der Waals surface area contributed by atoms with Gasteiger partial charge in [0.25, 0.3) is 5.91 Å². The van der Waals surface area contributed by atoms with Gasteiger partial charge in [-0.15, -0.1) is 0 Å². The first-order chi connectivity index (χ1) is 18.1. The maximum Gasteiger partial charge on any atom is 0.433 e. The Morgan fingerprint density at radius 2 is 1.63 bits per heavy atom. The van der Waals surface area contributed by atoms with E-state index in [9.17, 15) is 27.6 Å². The predicted molar refractivity (Wildman–Crippen MR) is 134 cm³/mol. The first-order valence-electron chi connectivity index (χ1n) is 12.0. The van der Waals surface area contributed by atoms with E-state index in [0.29, 0.717) is 37.2 Å². The zero-order valence-corrected chi connectivity index (χ0v) is 20.6. The molecule has 1 aromatic heterocycles. The second-order valence-corrected chi connectivity index (χ2v) is 9.03. The number of likely N-dealkylation sites (tertiary alicyclic amines) is 1. The molecule has 0 saturated carbocycles. The number of rotatable bonds is 6. The van der Waals surface area contributed by atoms with Crippen molar-refractivity contribution in [2.45, 2.75) is 31.4 Å². The number of hydrogen-bond donors (Lipinski definition) is 1. The van der Waals surface area contributed by atoms with Crippen molar-refractivity contribution >= 4 is 23.5 Å². The fraction of sp³-hybridized carbons (Fsp3) is 0.286. The molecule has 0 atom stereocenters. The van der Waals surface area contributed by atoms with Crippen molar-refractivity contribution in [2.24, 2.45) is 0 Å². The number of methoxy groups -OCH3 is 1. The van der Waals surface area contributed by atoms with Crippen LogP contribution in [0.15, 0.2) is 66.9 Å². The first-order valence-corrected chi connectivity index (χ1v) is 12.0. The lowest BCUT2D eigenvalue weighted by Gasteiger charge is -2.32. The number of nitrogens with one attached hydrogen (secondary N) is 1. The molecule has 1 saturated heterocycles. The first kappa shape index (κ1) is 26.8. The number of alkyl halides is 3. The maximum atomic E-state index is 12.9. The molecule has 3 aromatic rings. The lowest BCUT2D eigenvalue weighted by atomic mass is 9.89. The zero-order chi connectivity index (χ0) is 27.3. The molecule has 1 N–H and O–H groups in total. The Hall–Kier alpha value is -4.21. The van der Waals surface area contributed by atoms with Crippen LogP contribution < -0.4 is 5.32 Å². The molecule has 1 aliphatic rings. The standard InChI is InChI=1S/C28H26F3N3O4/c1-38-27(37)21-4-2-18(3-5-21)16-25(35)33-23-8-6-19(7-9-23)20-11-14-34(15-12-20)26(36)22-10-13-32-24(17-22)28(29,30)31/h2-10,13,17,20H,11-12,14-16H2,1H3,(H,33,35). The van der Waals surface area contributed by atoms with Crippen molar-refractivity contribution in [3.8, 4) is 0 Å². The number of hydrogen-bond acceptors (Lipinski definition) is 5. The van der Waals surface area contributed by atoms with E-state index in [2.05, 4.69) is 15.0 Å². The van der Waals surface area contributed by atoms with Crippen LogP contribution in [0.1, 0.15) is 56.3 Å². The third-order valence-electron chi connectivity index (χ3n) is 6.49. The van der Waals surface area contributed by atoms with Crippen LogP contribution in [0, 0.1) is 0 Å². The molecule has 10 heteroatoms. The molecule has 0 radical (unpaired) electrons. The molecule has 1 aliphatic heterocycles. The molecule has 198 valence electrons. The van der Waals surface area contributed by atoms with Crippen molar-refractivity contribution in [3.63, 3.8) is 0 Å². The van der Waals surface area contributed by atoms with Gasteiger partial charge >= 0.3 is 12.1 Å². The Morgan fingerprint density at radius 3 is 2.24 bits per heavy atom. The minimum absolute atomic E-state index is 0.0229. The summed E-state index contributed by atoms with van der Waals surface area (Å²) in [4.78, 5) is 41.6. The second-order valence-electron chi connectivity index (χ2n) is 9.03. The number of amides is 2. The van der Waals surface area contributed by atoms with Gasteiger partial charge < -0.3 is 15.0 Å². The molecular weight excluding hydrogens is 499 g/mol. The summed E-state index contributed by atoms with van der Waals surface area (Å²) in [5, 5.41) is 2.86. The molecule has 2 aromatic carbocycles. The van der Waals surface area contributed by atoms with Crippen LogP contribution >= 0.6 is 0 Å². The second kappa shape index (κ2) is 11.5. The molecule has 2 heterocycles. The molecular formula is C28H26F3N3O4. The lowest BCUT2D eigenvalue weighted by molar-refractivity contribution is -0.141. The lowest BCUT2D eigenvalue weighted by Crippen LogP contribution is -2.38. The Kier molecular flexibility index (Phi) is 8.09. The number of esters is 1. The van der Waals surface area contributed by atoms with E-state index in [1.807, 2.05) is 24.3 Å². The smallest absolute Gasteiger partial charge is 0.433 e. The van der Waals surface area contributed by atoms with E-state index < -0.39 is 23.7 Å². The number of aromatic nitrogens is 1. The molecule has 0 aliphatic carbocycles. The summed E-state index contributed by atoms with van der Waals surface area (Å²) in [6, 6.07) is 16.2. The highest BCUT2D eigenvalue weighted by atomic mass is 19.4. The highest BCUT2D eigenvalue weighted by Gasteiger charge is 2.33. The van der Waals surface area contributed by atoms with Gasteiger partial charge in [-0.2, -0.15) is 13.2 Å². The van der Waals surface area contributed by atoms with Crippen molar-refractivity contribution in [2.75, 3.05) is 25.5 Å². The molecule has 7 nitrogen and oxygen atoms in total. The molecule has 0 unspecified atom stereocenters. The fourth-order valence-corrected chi connectivity index (χ4v) is 4.42. The van der Waals surface area contributed by atoms with E-state index >= 15 is 0 Å². The molecule has 0 spiro atoms. The predicted octanol–water partition coefficient (Wildman–Crippen LogP) is 5.09. The average molecular weight is 526 g/mol. The summed E-state index contributed by atoms with van der Waals surface area (Å²) in [7, 11) is 1.31. The number of carbonyl (C=O) groups is 3. The normalized spacial score (nSPS) is 14.2. The molecule has 2 amide bonds. The van der Waals surface area contributed by atoms with Crippen LogP contribution in [-0.2, 0) is 22.1 Å². The van der Waals surface area contributed by atoms with Gasteiger partial charge in [0.15, 0.2) is 0 Å². The summed E-state index contributed by atoms with van der Waals surface area (Å²) in [5.41, 5.74) is 1.78. The number of carbonyl (C=O) groups excluding carboxylic acids is 3. The van der Waals surface area contributed by atoms with Gasteiger partial charge in [0.2, 0.25) is 5.91 Å². The zero-order valence-electron chi connectivity index (χ0n) is 20.6. The summed E-state index contributed by atoms with van der Waals surface area (Å²) >= 11 is 0. The van der Waals surface area contributed by atoms with Crippen LogP contribution in [0.3, 0.4) is 0 Å². The van der Waals surface area contributed by atoms with E-state index in [1.54, 1.807) is 29.2 Å². The number of halogens is 3. The molecule has 0 bridgehead atoms. The molecule has 4 rings (SSSR count). The van der Waals surface area contributed by atoms with Crippen LogP contribution in [0.5, 0.6) is 0 Å². The fourth-order valence-electron chi connectivity index (χ4n) is 4.42. The number of benzene rings is 2.